The SMILES string of the molecule is Cc1ccc([N+](=O)[O-])cc1NC(=O)C1CC(=O)Nc2nc(Nc3ccc(Cl)cc3Cl)[nH]c(=O)c21. The average Bonchev–Trinajstić information content (AvgIpc) is 2.76. The number of carbonyl (C=O) groups is 2. The fraction of sp³-hybridized carbons (Fsp3) is 0.143. The van der Waals surface area contributed by atoms with Crippen molar-refractivity contribution >= 4 is 63.8 Å². The number of fused-ring (bicyclic) bond motifs is 1. The first-order valence-electron chi connectivity index (χ1n) is 9.84. The van der Waals surface area contributed by atoms with E-state index in [4.69, 9.17) is 23.2 Å². The van der Waals surface area contributed by atoms with Crippen LogP contribution in [0.1, 0.15) is 23.5 Å². The highest BCUT2D eigenvalue weighted by Crippen LogP contribution is 2.32. The van der Waals surface area contributed by atoms with Crippen LogP contribution in [0.3, 0.4) is 0 Å². The number of anilines is 4. The standard InChI is InChI=1S/C21H16Cl2N6O5/c1-9-2-4-11(29(33)34)7-15(9)24-19(31)12-8-16(30)26-18-17(12)20(32)28-21(27-18)25-14-5-3-10(22)6-13(14)23/h2-7,12H,8H2,1H3,(H,24,31)(H3,25,26,27,28,30,32). The zero-order chi connectivity index (χ0) is 24.6. The quantitative estimate of drug-likeness (QED) is 0.301. The molecule has 2 amide bonds. The Hall–Kier alpha value is -3.96. The molecule has 1 aliphatic rings. The van der Waals surface area contributed by atoms with Crippen LogP contribution in [0.5, 0.6) is 0 Å². The van der Waals surface area contributed by atoms with E-state index in [1.165, 1.54) is 24.3 Å². The third-order valence-electron chi connectivity index (χ3n) is 5.14. The van der Waals surface area contributed by atoms with Crippen LogP contribution >= 0.6 is 23.2 Å². The number of benzene rings is 2. The largest absolute Gasteiger partial charge is 0.325 e. The van der Waals surface area contributed by atoms with Gasteiger partial charge in [-0.1, -0.05) is 29.3 Å². The number of H-pyrrole nitrogens is 1. The number of aromatic nitrogens is 2. The van der Waals surface area contributed by atoms with E-state index in [1.54, 1.807) is 19.1 Å². The van der Waals surface area contributed by atoms with Crippen LogP contribution in [0.2, 0.25) is 10.0 Å². The number of amides is 2. The maximum Gasteiger partial charge on any atom is 0.271 e. The molecule has 174 valence electrons. The van der Waals surface area contributed by atoms with Crippen molar-refractivity contribution in [3.63, 3.8) is 0 Å². The Bertz CT molecular complexity index is 1410. The molecule has 0 saturated carbocycles. The molecule has 0 radical (unpaired) electrons. The van der Waals surface area contributed by atoms with Gasteiger partial charge in [-0.2, -0.15) is 4.98 Å². The summed E-state index contributed by atoms with van der Waals surface area (Å²) in [6, 6.07) is 8.68. The molecule has 0 spiro atoms. The Morgan fingerprint density at radius 3 is 2.65 bits per heavy atom. The molecule has 11 nitrogen and oxygen atoms in total. The van der Waals surface area contributed by atoms with Crippen LogP contribution in [0, 0.1) is 17.0 Å². The Morgan fingerprint density at radius 1 is 1.18 bits per heavy atom. The molecule has 4 N–H and O–H groups in total. The summed E-state index contributed by atoms with van der Waals surface area (Å²) in [6.07, 6.45) is -0.298. The average molecular weight is 503 g/mol. The monoisotopic (exact) mass is 502 g/mol. The van der Waals surface area contributed by atoms with Gasteiger partial charge in [0.15, 0.2) is 0 Å². The number of halogens is 2. The second kappa shape index (κ2) is 9.12. The molecule has 34 heavy (non-hydrogen) atoms. The minimum atomic E-state index is -1.16. The summed E-state index contributed by atoms with van der Waals surface area (Å²) in [5, 5.41) is 19.7. The van der Waals surface area contributed by atoms with Crippen LogP contribution in [-0.2, 0) is 9.59 Å². The molecule has 1 aromatic heterocycles. The van der Waals surface area contributed by atoms with Crippen molar-refractivity contribution in [2.75, 3.05) is 16.0 Å². The van der Waals surface area contributed by atoms with Crippen LogP contribution in [0.15, 0.2) is 41.2 Å². The van der Waals surface area contributed by atoms with Crippen molar-refractivity contribution in [1.29, 1.82) is 0 Å². The molecule has 0 saturated heterocycles. The Balaban J connectivity index is 1.65. The molecule has 4 rings (SSSR count). The summed E-state index contributed by atoms with van der Waals surface area (Å²) < 4.78 is 0. The zero-order valence-corrected chi connectivity index (χ0v) is 19.0. The van der Waals surface area contributed by atoms with Crippen LogP contribution in [0.25, 0.3) is 0 Å². The van der Waals surface area contributed by atoms with E-state index in [1.807, 2.05) is 0 Å². The predicted molar refractivity (Wildman–Crippen MR) is 127 cm³/mol. The molecule has 1 unspecified atom stereocenters. The van der Waals surface area contributed by atoms with E-state index in [0.29, 0.717) is 16.3 Å². The number of hydrogen-bond donors (Lipinski definition) is 4. The fourth-order valence-electron chi connectivity index (χ4n) is 3.45. The number of nitrogens with zero attached hydrogens (tertiary/aromatic N) is 2. The first-order valence-corrected chi connectivity index (χ1v) is 10.6. The van der Waals surface area contributed by atoms with Crippen molar-refractivity contribution in [3.05, 3.63) is 78.0 Å². The van der Waals surface area contributed by atoms with Crippen LogP contribution in [-0.4, -0.2) is 26.7 Å². The lowest BCUT2D eigenvalue weighted by atomic mass is 9.92. The minimum absolute atomic E-state index is 0.0103. The first-order chi connectivity index (χ1) is 16.1. The number of rotatable bonds is 5. The van der Waals surface area contributed by atoms with Gasteiger partial charge < -0.3 is 16.0 Å². The van der Waals surface area contributed by atoms with E-state index in [-0.39, 0.29) is 40.1 Å². The van der Waals surface area contributed by atoms with Crippen LogP contribution in [0.4, 0.5) is 28.8 Å². The lowest BCUT2D eigenvalue weighted by molar-refractivity contribution is -0.384. The van der Waals surface area contributed by atoms with Gasteiger partial charge in [0.2, 0.25) is 17.8 Å². The lowest BCUT2D eigenvalue weighted by Gasteiger charge is -2.24. The van der Waals surface area contributed by atoms with Crippen molar-refractivity contribution in [2.24, 2.45) is 0 Å². The summed E-state index contributed by atoms with van der Waals surface area (Å²) in [4.78, 5) is 55.4. The minimum Gasteiger partial charge on any atom is -0.325 e. The van der Waals surface area contributed by atoms with Crippen molar-refractivity contribution < 1.29 is 14.5 Å². The fourth-order valence-corrected chi connectivity index (χ4v) is 3.91. The number of nitro benzene ring substituents is 1. The first kappa shape index (κ1) is 23.2. The topological polar surface area (TPSA) is 159 Å². The number of aryl methyl sites for hydroxylation is 1. The Kier molecular flexibility index (Phi) is 6.22. The number of nitrogens with one attached hydrogen (secondary N) is 4. The Labute approximate surface area is 201 Å². The van der Waals surface area contributed by atoms with Crippen LogP contribution < -0.4 is 21.5 Å². The smallest absolute Gasteiger partial charge is 0.271 e. The van der Waals surface area contributed by atoms with E-state index in [9.17, 15) is 24.5 Å². The van der Waals surface area contributed by atoms with E-state index in [0.717, 1.165) is 0 Å². The second-order valence-corrected chi connectivity index (χ2v) is 8.32. The van der Waals surface area contributed by atoms with Gasteiger partial charge >= 0.3 is 0 Å². The summed E-state index contributed by atoms with van der Waals surface area (Å²) in [6.45, 7) is 1.66. The van der Waals surface area contributed by atoms with Gasteiger partial charge in [0.05, 0.1) is 32.8 Å². The summed E-state index contributed by atoms with van der Waals surface area (Å²) in [7, 11) is 0. The molecule has 2 aromatic carbocycles. The maximum atomic E-state index is 13.0. The molecule has 2 heterocycles. The summed E-state index contributed by atoms with van der Waals surface area (Å²) in [5.74, 6) is -2.44. The highest BCUT2D eigenvalue weighted by molar-refractivity contribution is 6.36. The molecule has 0 fully saturated rings. The Morgan fingerprint density at radius 2 is 1.94 bits per heavy atom. The molecule has 13 heteroatoms. The molecular weight excluding hydrogens is 487 g/mol. The summed E-state index contributed by atoms with van der Waals surface area (Å²) >= 11 is 12.0. The number of non-ortho nitro benzene ring substituents is 1. The van der Waals surface area contributed by atoms with Gasteiger partial charge in [0.25, 0.3) is 11.2 Å². The third kappa shape index (κ3) is 4.70. The lowest BCUT2D eigenvalue weighted by Crippen LogP contribution is -2.36. The molecule has 0 bridgehead atoms. The maximum absolute atomic E-state index is 13.0. The molecule has 1 aliphatic heterocycles. The molecule has 0 aliphatic carbocycles. The molecular formula is C21H16Cl2N6O5. The number of nitro groups is 1. The van der Waals surface area contributed by atoms with Gasteiger partial charge in [0.1, 0.15) is 5.82 Å². The van der Waals surface area contributed by atoms with E-state index < -0.39 is 28.2 Å². The van der Waals surface area contributed by atoms with Gasteiger partial charge in [-0.15, -0.1) is 0 Å². The number of aromatic amines is 1. The van der Waals surface area contributed by atoms with Crippen molar-refractivity contribution in [2.45, 2.75) is 19.3 Å². The van der Waals surface area contributed by atoms with E-state index >= 15 is 0 Å². The van der Waals surface area contributed by atoms with Gasteiger partial charge in [0, 0.05) is 23.6 Å². The van der Waals surface area contributed by atoms with E-state index in [2.05, 4.69) is 25.9 Å². The molecule has 3 aromatic rings. The van der Waals surface area contributed by atoms with Crippen molar-refractivity contribution in [3.8, 4) is 0 Å². The highest BCUT2D eigenvalue weighted by Gasteiger charge is 2.35. The summed E-state index contributed by atoms with van der Waals surface area (Å²) in [5.41, 5.74) is 0.296. The number of hydrogen-bond acceptors (Lipinski definition) is 7. The normalized spacial score (nSPS) is 14.7. The van der Waals surface area contributed by atoms with Gasteiger partial charge in [-0.25, -0.2) is 0 Å². The highest BCUT2D eigenvalue weighted by atomic mass is 35.5. The second-order valence-electron chi connectivity index (χ2n) is 7.48. The van der Waals surface area contributed by atoms with Gasteiger partial charge in [-0.3, -0.25) is 29.5 Å². The third-order valence-corrected chi connectivity index (χ3v) is 5.69. The zero-order valence-electron chi connectivity index (χ0n) is 17.4. The predicted octanol–water partition coefficient (Wildman–Crippen LogP) is 4.10. The van der Waals surface area contributed by atoms with Crippen molar-refractivity contribution in [1.82, 2.24) is 9.97 Å². The van der Waals surface area contributed by atoms with Gasteiger partial charge in [-0.05, 0) is 30.7 Å². The molecule has 1 atom stereocenters. The number of carbonyl (C=O) groups excluding carboxylic acids is 2.